The molecule has 1 aliphatic carbocycles. The van der Waals surface area contributed by atoms with Crippen LogP contribution in [0.4, 0.5) is 0 Å². The summed E-state index contributed by atoms with van der Waals surface area (Å²) >= 11 is 0. The third-order valence-corrected chi connectivity index (χ3v) is 3.30. The highest BCUT2D eigenvalue weighted by atomic mass is 16.5. The number of phenolic OH excluding ortho intramolecular Hbond substituents is 1. The van der Waals surface area contributed by atoms with E-state index < -0.39 is 0 Å². The third kappa shape index (κ3) is 2.98. The van der Waals surface area contributed by atoms with Crippen molar-refractivity contribution in [2.24, 2.45) is 0 Å². The maximum atomic E-state index is 12.0. The molecule has 2 N–H and O–H groups in total. The van der Waals surface area contributed by atoms with E-state index in [1.54, 1.807) is 18.2 Å². The normalized spacial score (nSPS) is 21.6. The molecule has 0 radical (unpaired) electrons. The van der Waals surface area contributed by atoms with Crippen molar-refractivity contribution in [3.63, 3.8) is 0 Å². The lowest BCUT2D eigenvalue weighted by molar-refractivity contribution is -0.00864. The Morgan fingerprint density at radius 3 is 2.84 bits per heavy atom. The first-order chi connectivity index (χ1) is 9.15. The lowest BCUT2D eigenvalue weighted by atomic mass is 9.89. The van der Waals surface area contributed by atoms with Crippen molar-refractivity contribution < 1.29 is 19.4 Å². The minimum atomic E-state index is -0.281. The van der Waals surface area contributed by atoms with Crippen LogP contribution in [0.5, 0.6) is 11.5 Å². The fourth-order valence-corrected chi connectivity index (χ4v) is 2.19. The number of aromatic hydroxyl groups is 1. The Hall–Kier alpha value is -1.75. The molecule has 1 amide bonds. The first-order valence-corrected chi connectivity index (χ1v) is 6.44. The third-order valence-electron chi connectivity index (χ3n) is 3.30. The van der Waals surface area contributed by atoms with Crippen molar-refractivity contribution in [1.82, 2.24) is 5.32 Å². The summed E-state index contributed by atoms with van der Waals surface area (Å²) in [6.07, 6.45) is 1.89. The smallest absolute Gasteiger partial charge is 0.255 e. The second-order valence-electron chi connectivity index (χ2n) is 4.58. The molecule has 0 aliphatic heterocycles. The molecule has 1 fully saturated rings. The van der Waals surface area contributed by atoms with Gasteiger partial charge in [0, 0.05) is 12.6 Å². The summed E-state index contributed by atoms with van der Waals surface area (Å²) in [6.45, 7) is 2.65. The highest BCUT2D eigenvalue weighted by Crippen LogP contribution is 2.30. The van der Waals surface area contributed by atoms with Gasteiger partial charge in [-0.1, -0.05) is 6.07 Å². The van der Waals surface area contributed by atoms with Gasteiger partial charge in [-0.2, -0.15) is 0 Å². The summed E-state index contributed by atoms with van der Waals surface area (Å²) in [5, 5.41) is 12.8. The molecule has 0 heterocycles. The molecule has 1 aromatic rings. The second kappa shape index (κ2) is 5.93. The predicted molar refractivity (Wildman–Crippen MR) is 70.6 cm³/mol. The summed E-state index contributed by atoms with van der Waals surface area (Å²) in [5.74, 6) is -0.104. The Balaban J connectivity index is 1.94. The molecule has 1 saturated carbocycles. The zero-order valence-electron chi connectivity index (χ0n) is 11.2. The van der Waals surface area contributed by atoms with Gasteiger partial charge < -0.3 is 19.9 Å². The van der Waals surface area contributed by atoms with Crippen molar-refractivity contribution in [3.05, 3.63) is 23.8 Å². The monoisotopic (exact) mass is 265 g/mol. The number of hydrogen-bond acceptors (Lipinski definition) is 4. The van der Waals surface area contributed by atoms with Gasteiger partial charge in [-0.15, -0.1) is 0 Å². The highest BCUT2D eigenvalue weighted by Gasteiger charge is 2.31. The van der Waals surface area contributed by atoms with E-state index in [2.05, 4.69) is 5.32 Å². The number of carbonyl (C=O) groups excluding carboxylic acids is 1. The summed E-state index contributed by atoms with van der Waals surface area (Å²) in [7, 11) is 1.45. The fourth-order valence-electron chi connectivity index (χ4n) is 2.19. The molecule has 1 aliphatic rings. The van der Waals surface area contributed by atoms with E-state index in [0.717, 1.165) is 12.8 Å². The van der Waals surface area contributed by atoms with Crippen LogP contribution in [-0.2, 0) is 4.74 Å². The molecular formula is C14H19NO4. The van der Waals surface area contributed by atoms with Crippen molar-refractivity contribution >= 4 is 5.91 Å². The number of ether oxygens (including phenoxy) is 2. The number of phenols is 1. The molecule has 19 heavy (non-hydrogen) atoms. The van der Waals surface area contributed by atoms with Crippen molar-refractivity contribution in [1.29, 1.82) is 0 Å². The largest absolute Gasteiger partial charge is 0.504 e. The van der Waals surface area contributed by atoms with Gasteiger partial charge in [-0.05, 0) is 31.9 Å². The number of hydrogen-bond donors (Lipinski definition) is 2. The van der Waals surface area contributed by atoms with Crippen LogP contribution in [0, 0.1) is 0 Å². The lowest BCUT2D eigenvalue weighted by Crippen LogP contribution is -2.47. The maximum absolute atomic E-state index is 12.0. The van der Waals surface area contributed by atoms with E-state index in [4.69, 9.17) is 9.47 Å². The average molecular weight is 265 g/mol. The van der Waals surface area contributed by atoms with Crippen molar-refractivity contribution in [2.45, 2.75) is 31.9 Å². The Kier molecular flexibility index (Phi) is 4.27. The van der Waals surface area contributed by atoms with Crippen molar-refractivity contribution in [2.75, 3.05) is 13.7 Å². The van der Waals surface area contributed by atoms with Gasteiger partial charge in [0.2, 0.25) is 0 Å². The van der Waals surface area contributed by atoms with Crippen LogP contribution in [0.3, 0.4) is 0 Å². The predicted octanol–water partition coefficient (Wildman–Crippen LogP) is 1.70. The number of methoxy groups -OCH3 is 1. The Morgan fingerprint density at radius 1 is 1.47 bits per heavy atom. The van der Waals surface area contributed by atoms with Gasteiger partial charge in [-0.3, -0.25) is 4.79 Å². The van der Waals surface area contributed by atoms with Crippen LogP contribution in [0.2, 0.25) is 0 Å². The van der Waals surface area contributed by atoms with Crippen molar-refractivity contribution in [3.8, 4) is 11.5 Å². The van der Waals surface area contributed by atoms with Gasteiger partial charge in [0.05, 0.1) is 18.8 Å². The quantitative estimate of drug-likeness (QED) is 0.850. The van der Waals surface area contributed by atoms with Gasteiger partial charge >= 0.3 is 0 Å². The number of para-hydroxylation sites is 1. The van der Waals surface area contributed by atoms with E-state index in [0.29, 0.717) is 12.4 Å². The summed E-state index contributed by atoms with van der Waals surface area (Å²) < 4.78 is 10.4. The second-order valence-corrected chi connectivity index (χ2v) is 4.58. The summed E-state index contributed by atoms with van der Waals surface area (Å²) in [5.41, 5.74) is 0.235. The van der Waals surface area contributed by atoms with Gasteiger partial charge in [-0.25, -0.2) is 0 Å². The van der Waals surface area contributed by atoms with E-state index in [9.17, 15) is 9.90 Å². The molecule has 5 nitrogen and oxygen atoms in total. The molecule has 0 bridgehead atoms. The van der Waals surface area contributed by atoms with Crippen LogP contribution in [-0.4, -0.2) is 36.9 Å². The van der Waals surface area contributed by atoms with Gasteiger partial charge in [0.1, 0.15) is 0 Å². The minimum absolute atomic E-state index is 0.120. The number of amides is 1. The van der Waals surface area contributed by atoms with Crippen LogP contribution < -0.4 is 10.1 Å². The molecular weight excluding hydrogens is 246 g/mol. The fraction of sp³-hybridized carbons (Fsp3) is 0.500. The average Bonchev–Trinajstić information content (AvgIpc) is 2.36. The van der Waals surface area contributed by atoms with Crippen LogP contribution >= 0.6 is 0 Å². The minimum Gasteiger partial charge on any atom is -0.504 e. The number of rotatable bonds is 5. The molecule has 5 heteroatoms. The topological polar surface area (TPSA) is 67.8 Å². The Labute approximate surface area is 112 Å². The number of carbonyl (C=O) groups is 1. The van der Waals surface area contributed by atoms with Crippen LogP contribution in [0.15, 0.2) is 18.2 Å². The SMILES string of the molecule is CCOC1CC(NC(=O)c2cccc(OC)c2O)C1. The summed E-state index contributed by atoms with van der Waals surface area (Å²) in [6, 6.07) is 4.98. The molecule has 0 spiro atoms. The molecule has 1 aromatic carbocycles. The van der Waals surface area contributed by atoms with Crippen LogP contribution in [0.25, 0.3) is 0 Å². The molecule has 0 saturated heterocycles. The molecule has 0 unspecified atom stereocenters. The first-order valence-electron chi connectivity index (χ1n) is 6.44. The maximum Gasteiger partial charge on any atom is 0.255 e. The first kappa shape index (κ1) is 13.7. The van der Waals surface area contributed by atoms with E-state index in [1.807, 2.05) is 6.92 Å². The Bertz CT molecular complexity index is 455. The number of benzene rings is 1. The molecule has 0 atom stereocenters. The lowest BCUT2D eigenvalue weighted by Gasteiger charge is -2.35. The number of nitrogens with one attached hydrogen (secondary N) is 1. The van der Waals surface area contributed by atoms with Gasteiger partial charge in [0.15, 0.2) is 11.5 Å². The highest BCUT2D eigenvalue weighted by molar-refractivity contribution is 5.97. The molecule has 104 valence electrons. The molecule has 2 rings (SSSR count). The zero-order chi connectivity index (χ0) is 13.8. The van der Waals surface area contributed by atoms with E-state index in [1.165, 1.54) is 7.11 Å². The standard InChI is InChI=1S/C14H19NO4/c1-3-19-10-7-9(8-10)15-14(17)11-5-4-6-12(18-2)13(11)16/h4-6,9-10,16H,3,7-8H2,1-2H3,(H,15,17). The molecule has 0 aromatic heterocycles. The van der Waals surface area contributed by atoms with Gasteiger partial charge in [0.25, 0.3) is 5.91 Å². The summed E-state index contributed by atoms with van der Waals surface area (Å²) in [4.78, 5) is 12.0. The van der Waals surface area contributed by atoms with E-state index >= 15 is 0 Å². The zero-order valence-corrected chi connectivity index (χ0v) is 11.2. The Morgan fingerprint density at radius 2 is 2.21 bits per heavy atom. The van der Waals surface area contributed by atoms with E-state index in [-0.39, 0.29) is 29.4 Å². The van der Waals surface area contributed by atoms with Crippen LogP contribution in [0.1, 0.15) is 30.1 Å².